The number of rotatable bonds is 7. The molecule has 1 unspecified atom stereocenters. The molecule has 4 rings (SSSR count). The van der Waals surface area contributed by atoms with Crippen molar-refractivity contribution in [2.45, 2.75) is 39.8 Å². The number of halogens is 1. The fourth-order valence-corrected chi connectivity index (χ4v) is 3.49. The second-order valence-electron chi connectivity index (χ2n) is 7.64. The molecule has 0 aliphatic carbocycles. The molecule has 1 N–H and O–H groups in total. The Morgan fingerprint density at radius 3 is 2.62 bits per heavy atom. The number of aromatic nitrogens is 3. The molecule has 0 fully saturated rings. The number of esters is 1. The topological polar surface area (TPSA) is 125 Å². The number of amides is 1. The Morgan fingerprint density at radius 2 is 1.89 bits per heavy atom. The Balaban J connectivity index is 0.00000186. The van der Waals surface area contributed by atoms with E-state index in [2.05, 4.69) is 25.4 Å². The van der Waals surface area contributed by atoms with Crippen molar-refractivity contribution < 1.29 is 28.3 Å². The van der Waals surface area contributed by atoms with Crippen molar-refractivity contribution in [1.29, 1.82) is 0 Å². The summed E-state index contributed by atoms with van der Waals surface area (Å²) in [5, 5.41) is 6.89. The van der Waals surface area contributed by atoms with Crippen LogP contribution < -0.4 is 10.1 Å². The number of hydrogen-bond donors (Lipinski definition) is 1. The van der Waals surface area contributed by atoms with Crippen molar-refractivity contribution in [3.05, 3.63) is 82.4 Å². The van der Waals surface area contributed by atoms with Crippen molar-refractivity contribution in [1.82, 2.24) is 20.3 Å². The van der Waals surface area contributed by atoms with E-state index < -0.39 is 23.8 Å². The lowest BCUT2D eigenvalue weighted by Crippen LogP contribution is -2.25. The maximum Gasteiger partial charge on any atom is 0.356 e. The monoisotopic (exact) mass is 509 g/mol. The van der Waals surface area contributed by atoms with Crippen LogP contribution in [0, 0.1) is 12.7 Å². The third kappa shape index (κ3) is 6.63. The number of oxime groups is 1. The van der Waals surface area contributed by atoms with Crippen LogP contribution in [0.5, 0.6) is 5.75 Å². The molecule has 1 aliphatic rings. The third-order valence-electron chi connectivity index (χ3n) is 5.25. The van der Waals surface area contributed by atoms with Gasteiger partial charge in [0, 0.05) is 19.2 Å². The summed E-state index contributed by atoms with van der Waals surface area (Å²) in [7, 11) is 2.66. The van der Waals surface area contributed by atoms with E-state index in [9.17, 15) is 14.0 Å². The highest BCUT2D eigenvalue weighted by atomic mass is 19.1. The first-order valence-electron chi connectivity index (χ1n) is 11.6. The van der Waals surface area contributed by atoms with E-state index in [1.807, 2.05) is 13.8 Å². The van der Waals surface area contributed by atoms with Gasteiger partial charge in [0.25, 0.3) is 5.91 Å². The molecule has 0 spiro atoms. The first-order chi connectivity index (χ1) is 17.9. The molecule has 0 bridgehead atoms. The van der Waals surface area contributed by atoms with E-state index in [4.69, 9.17) is 14.3 Å². The molecular formula is C26H28FN5O5. The Hall–Kier alpha value is -4.41. The standard InChI is InChI=1S/C24H22FN5O5.C2H6/c1-13-28-17(18-11-21(35-30-18)15-6-7-26-20(9-15)24(32)34-3)10-19(29-13)23(31)27-12-14-4-5-16(25)22(8-14)33-2;1-2/h4-10,21H,11-12H2,1-3H3,(H,27,31);1-2H3. The fraction of sp³-hybridized carbons (Fsp3) is 0.308. The van der Waals surface area contributed by atoms with E-state index in [-0.39, 0.29) is 23.7 Å². The predicted molar refractivity (Wildman–Crippen MR) is 133 cm³/mol. The van der Waals surface area contributed by atoms with Crippen molar-refractivity contribution in [3.8, 4) is 5.75 Å². The van der Waals surface area contributed by atoms with E-state index in [1.54, 1.807) is 25.1 Å². The van der Waals surface area contributed by atoms with Crippen LogP contribution in [-0.2, 0) is 16.1 Å². The minimum absolute atomic E-state index is 0.0959. The van der Waals surface area contributed by atoms with Gasteiger partial charge in [0.15, 0.2) is 17.7 Å². The van der Waals surface area contributed by atoms with Gasteiger partial charge in [-0.2, -0.15) is 0 Å². The number of aryl methyl sites for hydroxylation is 1. The zero-order chi connectivity index (χ0) is 26.9. The number of nitrogens with one attached hydrogen (secondary N) is 1. The lowest BCUT2D eigenvalue weighted by molar-refractivity contribution is 0.0592. The smallest absolute Gasteiger partial charge is 0.356 e. The zero-order valence-corrected chi connectivity index (χ0v) is 21.2. The summed E-state index contributed by atoms with van der Waals surface area (Å²) >= 11 is 0. The minimum atomic E-state index is -0.549. The molecule has 3 heterocycles. The van der Waals surface area contributed by atoms with Crippen molar-refractivity contribution >= 4 is 17.6 Å². The van der Waals surface area contributed by atoms with Crippen LogP contribution in [-0.4, -0.2) is 46.8 Å². The highest BCUT2D eigenvalue weighted by molar-refractivity contribution is 6.02. The van der Waals surface area contributed by atoms with Crippen LogP contribution in [0.3, 0.4) is 0 Å². The number of benzene rings is 1. The molecule has 0 saturated heterocycles. The number of carbonyl (C=O) groups is 2. The summed E-state index contributed by atoms with van der Waals surface area (Å²) in [6, 6.07) is 9.20. The molecule has 1 aromatic carbocycles. The molecule has 1 aliphatic heterocycles. The highest BCUT2D eigenvalue weighted by Gasteiger charge is 2.27. The summed E-state index contributed by atoms with van der Waals surface area (Å²) in [4.78, 5) is 42.7. The second kappa shape index (κ2) is 12.5. The van der Waals surface area contributed by atoms with Gasteiger partial charge in [-0.05, 0) is 48.4 Å². The van der Waals surface area contributed by atoms with Gasteiger partial charge < -0.3 is 19.6 Å². The fourth-order valence-electron chi connectivity index (χ4n) is 3.49. The lowest BCUT2D eigenvalue weighted by atomic mass is 10.0. The number of nitrogens with zero attached hydrogens (tertiary/aromatic N) is 4. The quantitative estimate of drug-likeness (QED) is 0.475. The average Bonchev–Trinajstić information content (AvgIpc) is 3.43. The molecule has 11 heteroatoms. The van der Waals surface area contributed by atoms with Gasteiger partial charge in [-0.15, -0.1) is 0 Å². The largest absolute Gasteiger partial charge is 0.494 e. The van der Waals surface area contributed by atoms with E-state index in [1.165, 1.54) is 38.6 Å². The lowest BCUT2D eigenvalue weighted by Gasteiger charge is -2.10. The Kier molecular flexibility index (Phi) is 9.20. The van der Waals surface area contributed by atoms with Crippen LogP contribution in [0.1, 0.15) is 70.0 Å². The third-order valence-corrected chi connectivity index (χ3v) is 5.25. The summed E-state index contributed by atoms with van der Waals surface area (Å²) < 4.78 is 23.3. The number of hydrogen-bond acceptors (Lipinski definition) is 9. The van der Waals surface area contributed by atoms with Crippen molar-refractivity contribution in [3.63, 3.8) is 0 Å². The maximum absolute atomic E-state index is 13.6. The van der Waals surface area contributed by atoms with Crippen LogP contribution in [0.4, 0.5) is 4.39 Å². The van der Waals surface area contributed by atoms with Gasteiger partial charge in [-0.1, -0.05) is 25.1 Å². The number of ether oxygens (including phenoxy) is 2. The zero-order valence-electron chi connectivity index (χ0n) is 21.2. The Bertz CT molecular complexity index is 1310. The van der Waals surface area contributed by atoms with Crippen LogP contribution in [0.15, 0.2) is 47.8 Å². The Labute approximate surface area is 213 Å². The summed E-state index contributed by atoms with van der Waals surface area (Å²) in [5.41, 5.74) is 2.69. The number of carbonyl (C=O) groups excluding carboxylic acids is 2. The maximum atomic E-state index is 13.6. The van der Waals surface area contributed by atoms with Crippen LogP contribution in [0.25, 0.3) is 0 Å². The predicted octanol–water partition coefficient (Wildman–Crippen LogP) is 3.94. The first kappa shape index (κ1) is 27.2. The van der Waals surface area contributed by atoms with Crippen LogP contribution in [0.2, 0.25) is 0 Å². The molecule has 0 radical (unpaired) electrons. The molecule has 1 amide bonds. The first-order valence-corrected chi connectivity index (χ1v) is 11.6. The van der Waals surface area contributed by atoms with Gasteiger partial charge >= 0.3 is 5.97 Å². The van der Waals surface area contributed by atoms with Gasteiger partial charge in [-0.3, -0.25) is 4.79 Å². The molecular weight excluding hydrogens is 481 g/mol. The summed E-state index contributed by atoms with van der Waals surface area (Å²) in [5.74, 6) is -0.970. The minimum Gasteiger partial charge on any atom is -0.494 e. The molecule has 1 atom stereocenters. The van der Waals surface area contributed by atoms with Gasteiger partial charge in [0.2, 0.25) is 0 Å². The molecule has 2 aromatic heterocycles. The number of methoxy groups -OCH3 is 2. The normalized spacial score (nSPS) is 14.0. The SMILES string of the molecule is CC.COC(=O)c1cc(C2CC(c3cc(C(=O)NCc4ccc(F)c(OC)c4)nc(C)n3)=NO2)ccn1. The molecule has 10 nitrogen and oxygen atoms in total. The van der Waals surface area contributed by atoms with Gasteiger partial charge in [0.1, 0.15) is 22.9 Å². The average molecular weight is 510 g/mol. The molecule has 0 saturated carbocycles. The molecule has 194 valence electrons. The van der Waals surface area contributed by atoms with E-state index in [0.29, 0.717) is 34.8 Å². The second-order valence-corrected chi connectivity index (χ2v) is 7.64. The highest BCUT2D eigenvalue weighted by Crippen LogP contribution is 2.29. The van der Waals surface area contributed by atoms with E-state index in [0.717, 1.165) is 0 Å². The number of pyridine rings is 1. The molecule has 37 heavy (non-hydrogen) atoms. The van der Waals surface area contributed by atoms with E-state index >= 15 is 0 Å². The van der Waals surface area contributed by atoms with Crippen molar-refractivity contribution in [2.24, 2.45) is 5.16 Å². The molecule has 3 aromatic rings. The van der Waals surface area contributed by atoms with Gasteiger partial charge in [-0.25, -0.2) is 24.1 Å². The van der Waals surface area contributed by atoms with Gasteiger partial charge in [0.05, 0.1) is 19.9 Å². The van der Waals surface area contributed by atoms with Crippen molar-refractivity contribution in [2.75, 3.05) is 14.2 Å². The summed E-state index contributed by atoms with van der Waals surface area (Å²) in [6.07, 6.45) is 1.42. The van der Waals surface area contributed by atoms with Crippen LogP contribution >= 0.6 is 0 Å². The summed E-state index contributed by atoms with van der Waals surface area (Å²) in [6.45, 7) is 5.83. The Morgan fingerprint density at radius 1 is 1.11 bits per heavy atom.